The third-order valence-corrected chi connectivity index (χ3v) is 7.07. The van der Waals surface area contributed by atoms with E-state index >= 15 is 0 Å². The van der Waals surface area contributed by atoms with Gasteiger partial charge >= 0.3 is 0 Å². The van der Waals surface area contributed by atoms with Gasteiger partial charge in [0.25, 0.3) is 0 Å². The SMILES string of the molecule is Cc1ccccc1/C(=C\C=N)[C@@H](CC(=O)Nc1cncc(F)c1CC[C@@H]1CN[C@H](CO)CO1)c1ccccc1. The average Bonchev–Trinajstić information content (AvgIpc) is 2.96. The number of ether oxygens (including phenoxy) is 1. The predicted octanol–water partition coefficient (Wildman–Crippen LogP) is 4.66. The fourth-order valence-corrected chi connectivity index (χ4v) is 4.96. The van der Waals surface area contributed by atoms with Gasteiger partial charge in [0.15, 0.2) is 0 Å². The van der Waals surface area contributed by atoms with Crippen LogP contribution in [0.3, 0.4) is 0 Å². The van der Waals surface area contributed by atoms with Crippen LogP contribution in [0.25, 0.3) is 5.57 Å². The maximum Gasteiger partial charge on any atom is 0.225 e. The lowest BCUT2D eigenvalue weighted by atomic mass is 9.82. The van der Waals surface area contributed by atoms with Gasteiger partial charge in [-0.3, -0.25) is 9.78 Å². The van der Waals surface area contributed by atoms with Crippen LogP contribution in [-0.2, 0) is 16.0 Å². The highest BCUT2D eigenvalue weighted by molar-refractivity contribution is 5.95. The highest BCUT2D eigenvalue weighted by atomic mass is 19.1. The molecule has 1 saturated heterocycles. The molecule has 0 radical (unpaired) electrons. The monoisotopic (exact) mass is 530 g/mol. The van der Waals surface area contributed by atoms with E-state index in [0.29, 0.717) is 37.2 Å². The molecule has 0 bridgehead atoms. The number of carbonyl (C=O) groups excluding carboxylic acids is 1. The topological polar surface area (TPSA) is 107 Å². The van der Waals surface area contributed by atoms with Crippen molar-refractivity contribution in [2.24, 2.45) is 0 Å². The van der Waals surface area contributed by atoms with Gasteiger partial charge in [-0.15, -0.1) is 0 Å². The molecular weight excluding hydrogens is 495 g/mol. The highest BCUT2D eigenvalue weighted by Crippen LogP contribution is 2.36. The Bertz CT molecular complexity index is 1290. The summed E-state index contributed by atoms with van der Waals surface area (Å²) in [7, 11) is 0. The minimum Gasteiger partial charge on any atom is -0.395 e. The summed E-state index contributed by atoms with van der Waals surface area (Å²) < 4.78 is 20.7. The van der Waals surface area contributed by atoms with E-state index in [1.54, 1.807) is 6.08 Å². The molecule has 7 nitrogen and oxygen atoms in total. The van der Waals surface area contributed by atoms with Gasteiger partial charge in [0.05, 0.1) is 43.4 Å². The zero-order valence-electron chi connectivity index (χ0n) is 22.1. The first-order valence-corrected chi connectivity index (χ1v) is 13.2. The van der Waals surface area contributed by atoms with E-state index in [1.165, 1.54) is 12.4 Å². The Kier molecular flexibility index (Phi) is 10.1. The molecule has 1 aromatic heterocycles. The predicted molar refractivity (Wildman–Crippen MR) is 152 cm³/mol. The van der Waals surface area contributed by atoms with Gasteiger partial charge in [-0.25, -0.2) is 4.39 Å². The molecule has 8 heteroatoms. The second kappa shape index (κ2) is 13.9. The van der Waals surface area contributed by atoms with Crippen molar-refractivity contribution in [3.05, 3.63) is 101 Å². The number of rotatable bonds is 11. The summed E-state index contributed by atoms with van der Waals surface area (Å²) >= 11 is 0. The molecule has 3 atom stereocenters. The quantitative estimate of drug-likeness (QED) is 0.270. The van der Waals surface area contributed by atoms with Crippen molar-refractivity contribution in [1.29, 1.82) is 5.41 Å². The molecule has 2 heterocycles. The molecular formula is C31H35FN4O3. The van der Waals surface area contributed by atoms with Crippen LogP contribution in [0, 0.1) is 18.2 Å². The number of nitrogens with zero attached hydrogens (tertiary/aromatic N) is 1. The van der Waals surface area contributed by atoms with Crippen LogP contribution >= 0.6 is 0 Å². The number of carbonyl (C=O) groups is 1. The Labute approximate surface area is 228 Å². The fraction of sp³-hybridized carbons (Fsp3) is 0.323. The molecule has 204 valence electrons. The first-order chi connectivity index (χ1) is 19.0. The Morgan fingerprint density at radius 1 is 1.23 bits per heavy atom. The lowest BCUT2D eigenvalue weighted by molar-refractivity contribution is -0.116. The molecule has 0 spiro atoms. The number of allylic oxidation sites excluding steroid dienone is 2. The number of aliphatic hydroxyl groups is 1. The van der Waals surface area contributed by atoms with Gasteiger partial charge in [-0.1, -0.05) is 54.6 Å². The summed E-state index contributed by atoms with van der Waals surface area (Å²) in [5.74, 6) is -1.07. The van der Waals surface area contributed by atoms with Crippen LogP contribution in [0.1, 0.15) is 41.0 Å². The molecule has 1 fully saturated rings. The van der Waals surface area contributed by atoms with Crippen LogP contribution in [0.4, 0.5) is 10.1 Å². The van der Waals surface area contributed by atoms with Crippen LogP contribution in [-0.4, -0.2) is 54.1 Å². The van der Waals surface area contributed by atoms with Gasteiger partial charge in [0, 0.05) is 30.7 Å². The normalized spacial score (nSPS) is 18.4. The molecule has 4 N–H and O–H groups in total. The van der Waals surface area contributed by atoms with Gasteiger partial charge in [-0.2, -0.15) is 0 Å². The number of halogens is 1. The third-order valence-electron chi connectivity index (χ3n) is 7.07. The van der Waals surface area contributed by atoms with Crippen LogP contribution in [0.5, 0.6) is 0 Å². The van der Waals surface area contributed by atoms with Gasteiger partial charge in [0.2, 0.25) is 5.91 Å². The van der Waals surface area contributed by atoms with Crippen molar-refractivity contribution in [3.8, 4) is 0 Å². The summed E-state index contributed by atoms with van der Waals surface area (Å²) in [6.07, 6.45) is 6.53. The van der Waals surface area contributed by atoms with Crippen molar-refractivity contribution in [3.63, 3.8) is 0 Å². The Hall–Kier alpha value is -3.72. The first kappa shape index (κ1) is 28.3. The molecule has 2 aromatic carbocycles. The minimum absolute atomic E-state index is 0.00637. The lowest BCUT2D eigenvalue weighted by Crippen LogP contribution is -2.48. The zero-order chi connectivity index (χ0) is 27.6. The second-order valence-electron chi connectivity index (χ2n) is 9.75. The van der Waals surface area contributed by atoms with E-state index in [9.17, 15) is 14.3 Å². The molecule has 0 aliphatic carbocycles. The molecule has 1 amide bonds. The number of aliphatic hydroxyl groups excluding tert-OH is 1. The number of benzene rings is 2. The number of aryl methyl sites for hydroxylation is 1. The summed E-state index contributed by atoms with van der Waals surface area (Å²) in [6.45, 7) is 2.98. The van der Waals surface area contributed by atoms with E-state index in [0.717, 1.165) is 28.5 Å². The molecule has 0 saturated carbocycles. The minimum atomic E-state index is -0.478. The molecule has 39 heavy (non-hydrogen) atoms. The van der Waals surface area contributed by atoms with Crippen LogP contribution < -0.4 is 10.6 Å². The van der Waals surface area contributed by atoms with Crippen molar-refractivity contribution in [2.45, 2.75) is 44.2 Å². The van der Waals surface area contributed by atoms with Gasteiger partial charge < -0.3 is 25.9 Å². The summed E-state index contributed by atoms with van der Waals surface area (Å²) in [5, 5.41) is 23.2. The van der Waals surface area contributed by atoms with E-state index in [-0.39, 0.29) is 37.0 Å². The van der Waals surface area contributed by atoms with Crippen molar-refractivity contribution >= 4 is 23.4 Å². The number of amides is 1. The standard InChI is InChI=1S/C31H35FN4O3/c1-21-7-5-6-10-25(21)26(13-14-33)28(22-8-3-2-4-9-22)15-31(38)36-30-18-34-17-29(32)27(30)12-11-24-16-35-23(19-37)20-39-24/h2-10,13-14,17-18,23-24,28,33,35,37H,11-12,15-16,19-20H2,1H3,(H,36,38)/b26-13+,33-14?/t23-,24-,28+/m1/s1. The molecule has 1 aliphatic heterocycles. The van der Waals surface area contributed by atoms with E-state index in [2.05, 4.69) is 15.6 Å². The van der Waals surface area contributed by atoms with Crippen LogP contribution in [0.2, 0.25) is 0 Å². The molecule has 4 rings (SSSR count). The van der Waals surface area contributed by atoms with Crippen molar-refractivity contribution in [1.82, 2.24) is 10.3 Å². The second-order valence-corrected chi connectivity index (χ2v) is 9.75. The van der Waals surface area contributed by atoms with E-state index < -0.39 is 5.82 Å². The first-order valence-electron chi connectivity index (χ1n) is 13.2. The number of aromatic nitrogens is 1. The maximum atomic E-state index is 14.9. The summed E-state index contributed by atoms with van der Waals surface area (Å²) in [4.78, 5) is 17.4. The van der Waals surface area contributed by atoms with Gasteiger partial charge in [-0.05, 0) is 48.1 Å². The Morgan fingerprint density at radius 2 is 2.00 bits per heavy atom. The van der Waals surface area contributed by atoms with Gasteiger partial charge in [0.1, 0.15) is 5.82 Å². The van der Waals surface area contributed by atoms with Crippen molar-refractivity contribution in [2.75, 3.05) is 25.1 Å². The smallest absolute Gasteiger partial charge is 0.225 e. The van der Waals surface area contributed by atoms with Crippen molar-refractivity contribution < 1.29 is 19.0 Å². The highest BCUT2D eigenvalue weighted by Gasteiger charge is 2.25. The summed E-state index contributed by atoms with van der Waals surface area (Å²) in [5.41, 5.74) is 4.57. The largest absolute Gasteiger partial charge is 0.395 e. The number of hydrogen-bond acceptors (Lipinski definition) is 6. The number of nitrogens with one attached hydrogen (secondary N) is 3. The maximum absolute atomic E-state index is 14.9. The summed E-state index contributed by atoms with van der Waals surface area (Å²) in [6, 6.07) is 17.6. The van der Waals surface area contributed by atoms with E-state index in [1.807, 2.05) is 61.5 Å². The Balaban J connectivity index is 1.54. The zero-order valence-corrected chi connectivity index (χ0v) is 22.1. The lowest BCUT2D eigenvalue weighted by Gasteiger charge is -2.29. The third kappa shape index (κ3) is 7.44. The average molecular weight is 531 g/mol. The number of pyridine rings is 1. The molecule has 1 aliphatic rings. The molecule has 0 unspecified atom stereocenters. The number of hydrogen-bond donors (Lipinski definition) is 4. The Morgan fingerprint density at radius 3 is 2.69 bits per heavy atom. The van der Waals surface area contributed by atoms with E-state index in [4.69, 9.17) is 10.1 Å². The molecule has 3 aromatic rings. The fourth-order valence-electron chi connectivity index (χ4n) is 4.96. The number of morpholine rings is 1. The van der Waals surface area contributed by atoms with Crippen LogP contribution in [0.15, 0.2) is 73.1 Å². The number of anilines is 1.